The Hall–Kier alpha value is 0.610. The lowest BCUT2D eigenvalue weighted by Gasteiger charge is -2.17. The second-order valence-corrected chi connectivity index (χ2v) is 6.07. The lowest BCUT2D eigenvalue weighted by molar-refractivity contribution is 0.557. The fraction of sp³-hybridized carbons (Fsp3) is 0.583. The van der Waals surface area contributed by atoms with Crippen LogP contribution in [0.25, 0.3) is 0 Å². The highest BCUT2D eigenvalue weighted by molar-refractivity contribution is 14.1. The van der Waals surface area contributed by atoms with Gasteiger partial charge in [-0.2, -0.15) is 0 Å². The second-order valence-electron chi connectivity index (χ2n) is 3.80. The summed E-state index contributed by atoms with van der Waals surface area (Å²) in [7, 11) is 0. The molecular weight excluding hydrogens is 412 g/mol. The third-order valence-electron chi connectivity index (χ3n) is 2.56. The van der Waals surface area contributed by atoms with Gasteiger partial charge in [0.25, 0.3) is 0 Å². The maximum atomic E-state index is 4.41. The van der Waals surface area contributed by atoms with E-state index in [-0.39, 0.29) is 0 Å². The van der Waals surface area contributed by atoms with Crippen LogP contribution in [-0.2, 0) is 0 Å². The number of nitrogens with zero attached hydrogens (tertiary/aromatic N) is 1. The van der Waals surface area contributed by atoms with Crippen LogP contribution in [0, 0.1) is 7.27 Å². The molecule has 0 saturated carbocycles. The Balaban J connectivity index is 2.89. The molecule has 0 unspecified atom stereocenters. The Labute approximate surface area is 120 Å². The van der Waals surface area contributed by atoms with Gasteiger partial charge in [0, 0.05) is 9.77 Å². The van der Waals surface area contributed by atoms with E-state index in [4.69, 9.17) is 0 Å². The first-order chi connectivity index (χ1) is 7.19. The molecule has 0 radical (unpaired) electrons. The van der Waals surface area contributed by atoms with Crippen molar-refractivity contribution in [1.82, 2.24) is 4.98 Å². The molecule has 0 spiro atoms. The minimum Gasteiger partial charge on any atom is -0.250 e. The molecule has 0 saturated heterocycles. The van der Waals surface area contributed by atoms with E-state index in [0.29, 0.717) is 5.92 Å². The summed E-state index contributed by atoms with van der Waals surface area (Å²) < 4.78 is 2.46. The highest BCUT2D eigenvalue weighted by Crippen LogP contribution is 2.29. The van der Waals surface area contributed by atoms with E-state index in [2.05, 4.69) is 76.3 Å². The summed E-state index contributed by atoms with van der Waals surface area (Å²) >= 11 is 4.71. The van der Waals surface area contributed by atoms with Crippen molar-refractivity contribution in [3.63, 3.8) is 0 Å². The van der Waals surface area contributed by atoms with Crippen molar-refractivity contribution in [2.75, 3.05) is 0 Å². The smallest absolute Gasteiger partial charge is 0.102 e. The molecule has 1 heterocycles. The van der Waals surface area contributed by atoms with Crippen molar-refractivity contribution in [1.29, 1.82) is 0 Å². The van der Waals surface area contributed by atoms with E-state index in [1.54, 1.807) is 0 Å². The van der Waals surface area contributed by atoms with Gasteiger partial charge in [0.05, 0.1) is 0 Å². The van der Waals surface area contributed by atoms with Crippen molar-refractivity contribution in [3.05, 3.63) is 25.1 Å². The highest BCUT2D eigenvalue weighted by Gasteiger charge is 2.13. The largest absolute Gasteiger partial charge is 0.250 e. The van der Waals surface area contributed by atoms with Crippen LogP contribution in [-0.4, -0.2) is 4.98 Å². The van der Waals surface area contributed by atoms with E-state index < -0.39 is 0 Å². The van der Waals surface area contributed by atoms with Crippen molar-refractivity contribution in [2.45, 2.75) is 45.4 Å². The first-order valence-corrected chi connectivity index (χ1v) is 7.65. The highest BCUT2D eigenvalue weighted by atomic mass is 127. The molecule has 0 atom stereocenters. The van der Waals surface area contributed by atoms with Crippen LogP contribution < -0.4 is 0 Å². The Kier molecular flexibility index (Phi) is 6.42. The van der Waals surface area contributed by atoms with Gasteiger partial charge >= 0.3 is 0 Å². The topological polar surface area (TPSA) is 12.9 Å². The van der Waals surface area contributed by atoms with Crippen LogP contribution in [0.3, 0.4) is 0 Å². The average Bonchev–Trinajstić information content (AvgIpc) is 2.17. The molecule has 15 heavy (non-hydrogen) atoms. The molecule has 0 fully saturated rings. The van der Waals surface area contributed by atoms with Gasteiger partial charge in [-0.05, 0) is 75.6 Å². The molecule has 0 N–H and O–H groups in total. The number of hydrogen-bond donors (Lipinski definition) is 0. The van der Waals surface area contributed by atoms with Crippen LogP contribution in [0.5, 0.6) is 0 Å². The van der Waals surface area contributed by atoms with Crippen molar-refractivity contribution in [3.8, 4) is 0 Å². The Bertz CT molecular complexity index is 306. The van der Waals surface area contributed by atoms with Crippen LogP contribution >= 0.6 is 45.2 Å². The fourth-order valence-electron chi connectivity index (χ4n) is 1.87. The standard InChI is InChI=1S/C12H17I2N/c1-3-5-9(6-4-2)10-8-15-12(14)7-11(10)13/h7-9H,3-6H2,1-2H3. The first-order valence-electron chi connectivity index (χ1n) is 5.50. The lowest BCUT2D eigenvalue weighted by Crippen LogP contribution is -2.02. The van der Waals surface area contributed by atoms with E-state index in [9.17, 15) is 0 Å². The normalized spacial score (nSPS) is 11.0. The number of aromatic nitrogens is 1. The molecule has 0 aromatic carbocycles. The maximum Gasteiger partial charge on any atom is 0.102 e. The monoisotopic (exact) mass is 429 g/mol. The Morgan fingerprint density at radius 3 is 2.27 bits per heavy atom. The molecular formula is C12H17I2N. The molecule has 84 valence electrons. The van der Waals surface area contributed by atoms with Crippen LogP contribution in [0.15, 0.2) is 12.3 Å². The average molecular weight is 429 g/mol. The third-order valence-corrected chi connectivity index (χ3v) is 4.09. The molecule has 1 aromatic rings. The minimum atomic E-state index is 0.705. The van der Waals surface area contributed by atoms with Gasteiger partial charge in [0.2, 0.25) is 0 Å². The van der Waals surface area contributed by atoms with Crippen LogP contribution in [0.4, 0.5) is 0 Å². The predicted octanol–water partition coefficient (Wildman–Crippen LogP) is 4.97. The van der Waals surface area contributed by atoms with E-state index in [0.717, 1.165) is 3.70 Å². The number of hydrogen-bond acceptors (Lipinski definition) is 1. The molecule has 0 bridgehead atoms. The number of rotatable bonds is 5. The van der Waals surface area contributed by atoms with E-state index in [1.807, 2.05) is 0 Å². The van der Waals surface area contributed by atoms with Gasteiger partial charge in [-0.25, -0.2) is 4.98 Å². The molecule has 1 rings (SSSR count). The zero-order chi connectivity index (χ0) is 11.3. The van der Waals surface area contributed by atoms with Crippen molar-refractivity contribution >= 4 is 45.2 Å². The predicted molar refractivity (Wildman–Crippen MR) is 82.2 cm³/mol. The third kappa shape index (κ3) is 4.17. The number of halogens is 2. The number of pyridine rings is 1. The summed E-state index contributed by atoms with van der Waals surface area (Å²) in [5.41, 5.74) is 1.44. The minimum absolute atomic E-state index is 0.705. The van der Waals surface area contributed by atoms with Gasteiger partial charge in [0.15, 0.2) is 0 Å². The van der Waals surface area contributed by atoms with Crippen molar-refractivity contribution in [2.24, 2.45) is 0 Å². The van der Waals surface area contributed by atoms with Gasteiger partial charge < -0.3 is 0 Å². The van der Waals surface area contributed by atoms with Gasteiger partial charge in [0.1, 0.15) is 3.70 Å². The quantitative estimate of drug-likeness (QED) is 0.476. The zero-order valence-corrected chi connectivity index (χ0v) is 13.6. The summed E-state index contributed by atoms with van der Waals surface area (Å²) in [6, 6.07) is 2.18. The van der Waals surface area contributed by atoms with Crippen molar-refractivity contribution < 1.29 is 0 Å². The molecule has 1 nitrogen and oxygen atoms in total. The second kappa shape index (κ2) is 7.04. The lowest BCUT2D eigenvalue weighted by atomic mass is 9.92. The molecule has 0 aliphatic rings. The van der Waals surface area contributed by atoms with Gasteiger partial charge in [-0.1, -0.05) is 26.7 Å². The Morgan fingerprint density at radius 1 is 1.20 bits per heavy atom. The van der Waals surface area contributed by atoms with Gasteiger partial charge in [-0.3, -0.25) is 0 Å². The molecule has 1 aromatic heterocycles. The van der Waals surface area contributed by atoms with Crippen LogP contribution in [0.1, 0.15) is 51.0 Å². The maximum absolute atomic E-state index is 4.41. The molecule has 0 aliphatic heterocycles. The SMILES string of the molecule is CCCC(CCC)c1cnc(I)cc1I. The van der Waals surface area contributed by atoms with Crippen LogP contribution in [0.2, 0.25) is 0 Å². The molecule has 0 amide bonds. The zero-order valence-electron chi connectivity index (χ0n) is 9.26. The Morgan fingerprint density at radius 2 is 1.80 bits per heavy atom. The first kappa shape index (κ1) is 13.7. The summed E-state index contributed by atoms with van der Waals surface area (Å²) in [5.74, 6) is 0.705. The summed E-state index contributed by atoms with van der Waals surface area (Å²) in [4.78, 5) is 4.41. The summed E-state index contributed by atoms with van der Waals surface area (Å²) in [6.45, 7) is 4.52. The fourth-order valence-corrected chi connectivity index (χ4v) is 3.79. The molecule has 0 aliphatic carbocycles. The van der Waals surface area contributed by atoms with Gasteiger partial charge in [-0.15, -0.1) is 0 Å². The summed E-state index contributed by atoms with van der Waals surface area (Å²) in [5, 5.41) is 0. The molecule has 3 heteroatoms. The van der Waals surface area contributed by atoms with E-state index >= 15 is 0 Å². The summed E-state index contributed by atoms with van der Waals surface area (Å²) in [6.07, 6.45) is 7.15. The van der Waals surface area contributed by atoms with E-state index in [1.165, 1.54) is 34.8 Å².